The van der Waals surface area contributed by atoms with Crippen LogP contribution in [0.3, 0.4) is 0 Å². The van der Waals surface area contributed by atoms with Crippen molar-refractivity contribution in [2.75, 3.05) is 36.4 Å². The molecule has 1 aromatic heterocycles. The molecule has 1 amide bonds. The minimum Gasteiger partial charge on any atom is -0.489 e. The van der Waals surface area contributed by atoms with Crippen molar-refractivity contribution in [2.45, 2.75) is 26.5 Å². The van der Waals surface area contributed by atoms with Gasteiger partial charge in [-0.1, -0.05) is 30.3 Å². The zero-order valence-corrected chi connectivity index (χ0v) is 18.6. The molecule has 3 aromatic rings. The molecule has 0 radical (unpaired) electrons. The Hall–Kier alpha value is -3.45. The lowest BCUT2D eigenvalue weighted by molar-refractivity contribution is 0.102. The summed E-state index contributed by atoms with van der Waals surface area (Å²) in [5.41, 5.74) is 3.31. The van der Waals surface area contributed by atoms with Crippen LogP contribution in [0.4, 0.5) is 11.4 Å². The molecule has 166 valence electrons. The van der Waals surface area contributed by atoms with Crippen molar-refractivity contribution in [3.63, 3.8) is 0 Å². The molecule has 7 heteroatoms. The molecule has 2 aromatic carbocycles. The summed E-state index contributed by atoms with van der Waals surface area (Å²) in [6.07, 6.45) is 4.50. The van der Waals surface area contributed by atoms with Gasteiger partial charge < -0.3 is 15.0 Å². The van der Waals surface area contributed by atoms with E-state index in [1.807, 2.05) is 26.0 Å². The fourth-order valence-electron chi connectivity index (χ4n) is 3.78. The average molecular weight is 432 g/mol. The van der Waals surface area contributed by atoms with Crippen molar-refractivity contribution in [3.8, 4) is 5.75 Å². The zero-order valence-electron chi connectivity index (χ0n) is 18.6. The minimum atomic E-state index is -0.309. The Labute approximate surface area is 189 Å². The molecule has 1 fully saturated rings. The van der Waals surface area contributed by atoms with E-state index in [1.54, 1.807) is 6.20 Å². The molecule has 1 N–H and O–H groups in total. The van der Waals surface area contributed by atoms with E-state index in [4.69, 9.17) is 4.74 Å². The summed E-state index contributed by atoms with van der Waals surface area (Å²) in [5, 5.41) is 2.95. The van der Waals surface area contributed by atoms with Crippen LogP contribution in [0.1, 0.15) is 29.9 Å². The number of benzene rings is 2. The number of anilines is 2. The molecular weight excluding hydrogens is 402 g/mol. The third kappa shape index (κ3) is 5.62. The maximum atomic E-state index is 12.7. The molecule has 0 bridgehead atoms. The Morgan fingerprint density at radius 2 is 1.84 bits per heavy atom. The van der Waals surface area contributed by atoms with Gasteiger partial charge in [0.15, 0.2) is 0 Å². The van der Waals surface area contributed by atoms with Crippen molar-refractivity contribution in [3.05, 3.63) is 78.4 Å². The second-order valence-corrected chi connectivity index (χ2v) is 8.14. The summed E-state index contributed by atoms with van der Waals surface area (Å²) in [6, 6.07) is 16.5. The van der Waals surface area contributed by atoms with Crippen LogP contribution in [0.5, 0.6) is 5.75 Å². The smallest absolute Gasteiger partial charge is 0.275 e. The summed E-state index contributed by atoms with van der Waals surface area (Å²) in [6.45, 7) is 8.72. The second-order valence-electron chi connectivity index (χ2n) is 8.14. The quantitative estimate of drug-likeness (QED) is 0.613. The first-order valence-corrected chi connectivity index (χ1v) is 11.0. The summed E-state index contributed by atoms with van der Waals surface area (Å²) in [4.78, 5) is 25.6. The number of amides is 1. The van der Waals surface area contributed by atoms with E-state index >= 15 is 0 Å². The van der Waals surface area contributed by atoms with E-state index in [0.717, 1.165) is 38.4 Å². The highest BCUT2D eigenvalue weighted by atomic mass is 16.5. The first-order valence-electron chi connectivity index (χ1n) is 11.0. The number of hydrogen-bond acceptors (Lipinski definition) is 6. The number of carbonyl (C=O) groups is 1. The molecular formula is C25H29N5O2. The van der Waals surface area contributed by atoms with Crippen molar-refractivity contribution < 1.29 is 9.53 Å². The van der Waals surface area contributed by atoms with Crippen LogP contribution in [-0.4, -0.2) is 53.1 Å². The van der Waals surface area contributed by atoms with E-state index in [0.29, 0.717) is 11.4 Å². The molecule has 1 saturated heterocycles. The average Bonchev–Trinajstić information content (AvgIpc) is 2.82. The van der Waals surface area contributed by atoms with Crippen molar-refractivity contribution in [2.24, 2.45) is 0 Å². The van der Waals surface area contributed by atoms with E-state index in [-0.39, 0.29) is 17.7 Å². The number of nitrogens with zero attached hydrogens (tertiary/aromatic N) is 4. The predicted molar refractivity (Wildman–Crippen MR) is 126 cm³/mol. The fourth-order valence-corrected chi connectivity index (χ4v) is 3.78. The molecule has 0 atom stereocenters. The molecule has 0 spiro atoms. The summed E-state index contributed by atoms with van der Waals surface area (Å²) < 4.78 is 5.93. The number of piperazine rings is 1. The van der Waals surface area contributed by atoms with Gasteiger partial charge in [0.05, 0.1) is 18.0 Å². The van der Waals surface area contributed by atoms with Crippen LogP contribution in [0.15, 0.2) is 67.1 Å². The molecule has 1 aliphatic heterocycles. The van der Waals surface area contributed by atoms with Gasteiger partial charge in [0.1, 0.15) is 11.4 Å². The van der Waals surface area contributed by atoms with E-state index < -0.39 is 0 Å². The van der Waals surface area contributed by atoms with Gasteiger partial charge in [0.2, 0.25) is 0 Å². The maximum absolute atomic E-state index is 12.7. The SMILES string of the molecule is CC(C)Oc1ccc(N2CCN(Cc3ccccc3)CC2)cc1NC(=O)c1cnccn1. The highest BCUT2D eigenvalue weighted by molar-refractivity contribution is 6.03. The lowest BCUT2D eigenvalue weighted by Crippen LogP contribution is -2.46. The van der Waals surface area contributed by atoms with Gasteiger partial charge in [-0.3, -0.25) is 14.7 Å². The Morgan fingerprint density at radius 3 is 2.53 bits per heavy atom. The Bertz CT molecular complexity index is 1020. The second kappa shape index (κ2) is 10.2. The third-order valence-corrected chi connectivity index (χ3v) is 5.36. The van der Waals surface area contributed by atoms with Gasteiger partial charge in [-0.15, -0.1) is 0 Å². The highest BCUT2D eigenvalue weighted by Gasteiger charge is 2.20. The van der Waals surface area contributed by atoms with E-state index in [9.17, 15) is 4.79 Å². The van der Waals surface area contributed by atoms with Crippen LogP contribution in [0.25, 0.3) is 0 Å². The predicted octanol–water partition coefficient (Wildman–Crippen LogP) is 3.84. The van der Waals surface area contributed by atoms with Gasteiger partial charge in [-0.25, -0.2) is 4.98 Å². The van der Waals surface area contributed by atoms with Crippen LogP contribution in [-0.2, 0) is 6.54 Å². The van der Waals surface area contributed by atoms with E-state index in [2.05, 4.69) is 61.5 Å². The minimum absolute atomic E-state index is 0.00505. The standard InChI is InChI=1S/C25H29N5O2/c1-19(2)32-24-9-8-21(16-22(24)28-25(31)23-17-26-10-11-27-23)30-14-12-29(13-15-30)18-20-6-4-3-5-7-20/h3-11,16-17,19H,12-15,18H2,1-2H3,(H,28,31). The Balaban J connectivity index is 1.46. The van der Waals surface area contributed by atoms with Crippen LogP contribution in [0.2, 0.25) is 0 Å². The lowest BCUT2D eigenvalue weighted by Gasteiger charge is -2.36. The Kier molecular flexibility index (Phi) is 6.97. The van der Waals surface area contributed by atoms with Gasteiger partial charge >= 0.3 is 0 Å². The van der Waals surface area contributed by atoms with Crippen LogP contribution in [0, 0.1) is 0 Å². The number of hydrogen-bond donors (Lipinski definition) is 1. The molecule has 32 heavy (non-hydrogen) atoms. The third-order valence-electron chi connectivity index (χ3n) is 5.36. The summed E-state index contributed by atoms with van der Waals surface area (Å²) in [7, 11) is 0. The molecule has 7 nitrogen and oxygen atoms in total. The number of carbonyl (C=O) groups excluding carboxylic acids is 1. The number of aromatic nitrogens is 2. The summed E-state index contributed by atoms with van der Waals surface area (Å²) in [5.74, 6) is 0.334. The first-order chi connectivity index (χ1) is 15.6. The van der Waals surface area contributed by atoms with Gasteiger partial charge in [-0.2, -0.15) is 0 Å². The first kappa shape index (κ1) is 21.8. The van der Waals surface area contributed by atoms with Crippen molar-refractivity contribution in [1.29, 1.82) is 0 Å². The monoisotopic (exact) mass is 431 g/mol. The largest absolute Gasteiger partial charge is 0.489 e. The molecule has 0 unspecified atom stereocenters. The molecule has 2 heterocycles. The van der Waals surface area contributed by atoms with Crippen molar-refractivity contribution in [1.82, 2.24) is 14.9 Å². The van der Waals surface area contributed by atoms with Gasteiger partial charge in [0, 0.05) is 50.8 Å². The van der Waals surface area contributed by atoms with Gasteiger partial charge in [-0.05, 0) is 37.6 Å². The van der Waals surface area contributed by atoms with Crippen molar-refractivity contribution >= 4 is 17.3 Å². The van der Waals surface area contributed by atoms with E-state index in [1.165, 1.54) is 18.0 Å². The van der Waals surface area contributed by atoms with Crippen LogP contribution < -0.4 is 15.0 Å². The highest BCUT2D eigenvalue weighted by Crippen LogP contribution is 2.31. The zero-order chi connectivity index (χ0) is 22.3. The fraction of sp³-hybridized carbons (Fsp3) is 0.320. The number of ether oxygens (including phenoxy) is 1. The normalized spacial score (nSPS) is 14.4. The van der Waals surface area contributed by atoms with Gasteiger partial charge in [0.25, 0.3) is 5.91 Å². The lowest BCUT2D eigenvalue weighted by atomic mass is 10.1. The summed E-state index contributed by atoms with van der Waals surface area (Å²) >= 11 is 0. The molecule has 0 saturated carbocycles. The molecule has 4 rings (SSSR count). The topological polar surface area (TPSA) is 70.6 Å². The molecule has 0 aliphatic carbocycles. The maximum Gasteiger partial charge on any atom is 0.275 e. The number of nitrogens with one attached hydrogen (secondary N) is 1. The molecule has 1 aliphatic rings. The number of rotatable bonds is 7. The Morgan fingerprint density at radius 1 is 1.06 bits per heavy atom. The van der Waals surface area contributed by atoms with Crippen LogP contribution >= 0.6 is 0 Å².